The highest BCUT2D eigenvalue weighted by Gasteiger charge is 2.28. The first-order chi connectivity index (χ1) is 5.75. The van der Waals surface area contributed by atoms with Crippen LogP contribution in [0.1, 0.15) is 32.6 Å². The molecule has 1 rings (SSSR count). The Kier molecular flexibility index (Phi) is 3.26. The minimum absolute atomic E-state index is 0.216. The molecule has 0 aliphatic carbocycles. The van der Waals surface area contributed by atoms with Crippen molar-refractivity contribution in [1.29, 1.82) is 0 Å². The van der Waals surface area contributed by atoms with E-state index in [-0.39, 0.29) is 11.7 Å². The summed E-state index contributed by atoms with van der Waals surface area (Å²) in [7, 11) is 0. The smallest absolute Gasteiger partial charge is 0.290 e. The normalized spacial score (nSPS) is 17.6. The van der Waals surface area contributed by atoms with Crippen LogP contribution in [0.4, 0.5) is 0 Å². The van der Waals surface area contributed by atoms with Crippen LogP contribution in [0, 0.1) is 0 Å². The predicted molar refractivity (Wildman–Crippen MR) is 45.7 cm³/mol. The summed E-state index contributed by atoms with van der Waals surface area (Å²) in [6, 6.07) is 0. The molecule has 0 bridgehead atoms. The fraction of sp³-hybridized carbons (Fsp3) is 0.778. The molecular weight excluding hydrogens is 154 g/mol. The first-order valence-electron chi connectivity index (χ1n) is 4.57. The molecule has 3 heteroatoms. The maximum absolute atomic E-state index is 11.1. The Balaban J connectivity index is 2.25. The molecule has 1 fully saturated rings. The molecular formula is C9H15NO2. The van der Waals surface area contributed by atoms with Crippen molar-refractivity contribution >= 4 is 11.7 Å². The summed E-state index contributed by atoms with van der Waals surface area (Å²) in [5.74, 6) is -0.488. The zero-order valence-electron chi connectivity index (χ0n) is 7.51. The molecule has 0 atom stereocenters. The number of ketones is 1. The molecule has 0 unspecified atom stereocenters. The van der Waals surface area contributed by atoms with Crippen molar-refractivity contribution in [2.45, 2.75) is 32.6 Å². The minimum Gasteiger partial charge on any atom is -0.336 e. The van der Waals surface area contributed by atoms with E-state index in [1.54, 1.807) is 4.90 Å². The number of carbonyl (C=O) groups is 2. The SMILES string of the molecule is CCCCCN1CCC(=O)C1=O. The second-order valence-electron chi connectivity index (χ2n) is 3.17. The molecule has 1 heterocycles. The van der Waals surface area contributed by atoms with Gasteiger partial charge in [-0.25, -0.2) is 0 Å². The lowest BCUT2D eigenvalue weighted by Gasteiger charge is -2.13. The fourth-order valence-corrected chi connectivity index (χ4v) is 1.39. The molecule has 0 N–H and O–H groups in total. The highest BCUT2D eigenvalue weighted by molar-refractivity contribution is 6.37. The van der Waals surface area contributed by atoms with Crippen molar-refractivity contribution in [3.8, 4) is 0 Å². The van der Waals surface area contributed by atoms with Crippen LogP contribution in [0.5, 0.6) is 0 Å². The number of likely N-dealkylation sites (tertiary alicyclic amines) is 1. The number of hydrogen-bond donors (Lipinski definition) is 0. The van der Waals surface area contributed by atoms with E-state index in [0.717, 1.165) is 25.8 Å². The summed E-state index contributed by atoms with van der Waals surface area (Å²) < 4.78 is 0. The van der Waals surface area contributed by atoms with Crippen LogP contribution in [-0.4, -0.2) is 29.7 Å². The van der Waals surface area contributed by atoms with Gasteiger partial charge in [0.25, 0.3) is 5.91 Å². The molecule has 1 aliphatic rings. The number of unbranched alkanes of at least 4 members (excludes halogenated alkanes) is 2. The summed E-state index contributed by atoms with van der Waals surface area (Å²) in [4.78, 5) is 23.6. The van der Waals surface area contributed by atoms with Crippen LogP contribution in [0.15, 0.2) is 0 Å². The Morgan fingerprint density at radius 3 is 2.58 bits per heavy atom. The van der Waals surface area contributed by atoms with Crippen molar-refractivity contribution in [1.82, 2.24) is 4.90 Å². The van der Waals surface area contributed by atoms with Crippen LogP contribution in [0.2, 0.25) is 0 Å². The van der Waals surface area contributed by atoms with Crippen LogP contribution >= 0.6 is 0 Å². The van der Waals surface area contributed by atoms with E-state index in [4.69, 9.17) is 0 Å². The van der Waals surface area contributed by atoms with Crippen molar-refractivity contribution in [3.63, 3.8) is 0 Å². The molecule has 0 aromatic carbocycles. The largest absolute Gasteiger partial charge is 0.336 e. The van der Waals surface area contributed by atoms with Gasteiger partial charge in [0.2, 0.25) is 5.78 Å². The molecule has 3 nitrogen and oxygen atoms in total. The minimum atomic E-state index is -0.272. The van der Waals surface area contributed by atoms with Crippen molar-refractivity contribution in [3.05, 3.63) is 0 Å². The molecule has 0 aromatic rings. The van der Waals surface area contributed by atoms with E-state index in [2.05, 4.69) is 6.92 Å². The predicted octanol–water partition coefficient (Wildman–Crippen LogP) is 0.978. The Bertz CT molecular complexity index is 189. The molecule has 0 saturated carbocycles. The molecule has 0 radical (unpaired) electrons. The first kappa shape index (κ1) is 9.23. The zero-order chi connectivity index (χ0) is 8.97. The van der Waals surface area contributed by atoms with Crippen LogP contribution in [0.25, 0.3) is 0 Å². The van der Waals surface area contributed by atoms with E-state index in [0.29, 0.717) is 13.0 Å². The van der Waals surface area contributed by atoms with E-state index >= 15 is 0 Å². The summed E-state index contributed by atoms with van der Waals surface area (Å²) in [5.41, 5.74) is 0. The number of nitrogens with zero attached hydrogens (tertiary/aromatic N) is 1. The molecule has 0 aromatic heterocycles. The number of Topliss-reactive ketones (excluding diaryl/α,β-unsaturated/α-hetero) is 1. The Morgan fingerprint density at radius 2 is 2.08 bits per heavy atom. The second kappa shape index (κ2) is 4.24. The molecule has 1 amide bonds. The molecule has 68 valence electrons. The monoisotopic (exact) mass is 169 g/mol. The first-order valence-corrected chi connectivity index (χ1v) is 4.57. The Morgan fingerprint density at radius 1 is 1.33 bits per heavy atom. The van der Waals surface area contributed by atoms with Crippen LogP contribution in [-0.2, 0) is 9.59 Å². The van der Waals surface area contributed by atoms with Crippen molar-refractivity contribution in [2.24, 2.45) is 0 Å². The lowest BCUT2D eigenvalue weighted by molar-refractivity contribution is -0.140. The Labute approximate surface area is 72.7 Å². The molecule has 0 spiro atoms. The van der Waals surface area contributed by atoms with Crippen LogP contribution < -0.4 is 0 Å². The van der Waals surface area contributed by atoms with Gasteiger partial charge in [-0.2, -0.15) is 0 Å². The lowest BCUT2D eigenvalue weighted by Crippen LogP contribution is -2.28. The third-order valence-corrected chi connectivity index (χ3v) is 2.17. The third-order valence-electron chi connectivity index (χ3n) is 2.17. The van der Waals surface area contributed by atoms with Gasteiger partial charge in [0.1, 0.15) is 0 Å². The van der Waals surface area contributed by atoms with Gasteiger partial charge in [0.15, 0.2) is 0 Å². The summed E-state index contributed by atoms with van der Waals surface area (Å²) in [5, 5.41) is 0. The highest BCUT2D eigenvalue weighted by Crippen LogP contribution is 2.07. The van der Waals surface area contributed by atoms with Crippen LogP contribution in [0.3, 0.4) is 0 Å². The van der Waals surface area contributed by atoms with Gasteiger partial charge >= 0.3 is 0 Å². The van der Waals surface area contributed by atoms with E-state index in [1.165, 1.54) is 0 Å². The number of amides is 1. The topological polar surface area (TPSA) is 37.4 Å². The Hall–Kier alpha value is -0.860. The van der Waals surface area contributed by atoms with Gasteiger partial charge in [0, 0.05) is 19.5 Å². The summed E-state index contributed by atoms with van der Waals surface area (Å²) in [6.07, 6.45) is 3.73. The van der Waals surface area contributed by atoms with E-state index in [1.807, 2.05) is 0 Å². The third kappa shape index (κ3) is 2.06. The second-order valence-corrected chi connectivity index (χ2v) is 3.17. The van der Waals surface area contributed by atoms with E-state index in [9.17, 15) is 9.59 Å². The number of hydrogen-bond acceptors (Lipinski definition) is 2. The molecule has 1 aliphatic heterocycles. The zero-order valence-corrected chi connectivity index (χ0v) is 7.51. The van der Waals surface area contributed by atoms with E-state index < -0.39 is 0 Å². The van der Waals surface area contributed by atoms with Gasteiger partial charge in [-0.05, 0) is 6.42 Å². The van der Waals surface area contributed by atoms with Gasteiger partial charge in [0.05, 0.1) is 0 Å². The summed E-state index contributed by atoms with van der Waals surface area (Å²) >= 11 is 0. The quantitative estimate of drug-likeness (QED) is 0.464. The maximum atomic E-state index is 11.1. The van der Waals surface area contributed by atoms with Gasteiger partial charge in [-0.1, -0.05) is 19.8 Å². The highest BCUT2D eigenvalue weighted by atomic mass is 16.2. The van der Waals surface area contributed by atoms with Gasteiger partial charge in [-0.3, -0.25) is 9.59 Å². The van der Waals surface area contributed by atoms with Crippen molar-refractivity contribution in [2.75, 3.05) is 13.1 Å². The maximum Gasteiger partial charge on any atom is 0.290 e. The fourth-order valence-electron chi connectivity index (χ4n) is 1.39. The van der Waals surface area contributed by atoms with Crippen molar-refractivity contribution < 1.29 is 9.59 Å². The molecule has 1 saturated heterocycles. The average molecular weight is 169 g/mol. The lowest BCUT2D eigenvalue weighted by atomic mass is 10.2. The van der Waals surface area contributed by atoms with Gasteiger partial charge < -0.3 is 4.90 Å². The number of rotatable bonds is 4. The average Bonchev–Trinajstić information content (AvgIpc) is 2.36. The standard InChI is InChI=1S/C9H15NO2/c1-2-3-4-6-10-7-5-8(11)9(10)12/h2-7H2,1H3. The summed E-state index contributed by atoms with van der Waals surface area (Å²) in [6.45, 7) is 3.52. The molecule has 12 heavy (non-hydrogen) atoms. The number of carbonyl (C=O) groups excluding carboxylic acids is 2. The van der Waals surface area contributed by atoms with Gasteiger partial charge in [-0.15, -0.1) is 0 Å².